The van der Waals surface area contributed by atoms with Gasteiger partial charge < -0.3 is 5.32 Å². The quantitative estimate of drug-likeness (QED) is 0.540. The molecule has 126 valence electrons. The molecule has 0 saturated carbocycles. The van der Waals surface area contributed by atoms with Crippen LogP contribution >= 0.6 is 11.8 Å². The second-order valence-electron chi connectivity index (χ2n) is 5.16. The fraction of sp³-hybridized carbons (Fsp3) is 0.118. The van der Waals surface area contributed by atoms with Crippen molar-refractivity contribution in [1.29, 1.82) is 0 Å². The van der Waals surface area contributed by atoms with Gasteiger partial charge in [0, 0.05) is 18.2 Å². The maximum absolute atomic E-state index is 12.7. The van der Waals surface area contributed by atoms with Gasteiger partial charge in [-0.15, -0.1) is 5.10 Å². The summed E-state index contributed by atoms with van der Waals surface area (Å²) in [5.74, 6) is -0.231. The summed E-state index contributed by atoms with van der Waals surface area (Å²) in [5, 5.41) is 14.4. The number of hydrogen-bond donors (Lipinski definition) is 1. The lowest BCUT2D eigenvalue weighted by molar-refractivity contribution is -0.113. The van der Waals surface area contributed by atoms with E-state index in [4.69, 9.17) is 0 Å². The minimum atomic E-state index is -0.235. The molecule has 0 aliphatic carbocycles. The number of para-hydroxylation sites is 1. The Labute approximate surface area is 148 Å². The number of aryl methyl sites for hydroxylation is 1. The topological polar surface area (TPSA) is 89.8 Å². The van der Waals surface area contributed by atoms with Crippen molar-refractivity contribution in [1.82, 2.24) is 20.2 Å². The third-order valence-corrected chi connectivity index (χ3v) is 4.41. The van der Waals surface area contributed by atoms with Crippen molar-refractivity contribution in [2.24, 2.45) is 7.05 Å². The Bertz CT molecular complexity index is 895. The lowest BCUT2D eigenvalue weighted by atomic mass is 10.0. The average molecular weight is 353 g/mol. The van der Waals surface area contributed by atoms with E-state index in [1.807, 2.05) is 6.07 Å². The van der Waals surface area contributed by atoms with E-state index < -0.39 is 0 Å². The zero-order valence-corrected chi connectivity index (χ0v) is 14.2. The van der Waals surface area contributed by atoms with Crippen molar-refractivity contribution >= 4 is 29.1 Å². The predicted octanol–water partition coefficient (Wildman–Crippen LogP) is 2.17. The fourth-order valence-corrected chi connectivity index (χ4v) is 2.85. The molecule has 1 amide bonds. The Morgan fingerprint density at radius 2 is 1.80 bits per heavy atom. The summed E-state index contributed by atoms with van der Waals surface area (Å²) < 4.78 is 1.49. The van der Waals surface area contributed by atoms with E-state index in [-0.39, 0.29) is 17.4 Å². The summed E-state index contributed by atoms with van der Waals surface area (Å²) in [7, 11) is 1.70. The van der Waals surface area contributed by atoms with Crippen molar-refractivity contribution in [3.8, 4) is 0 Å². The van der Waals surface area contributed by atoms with Crippen LogP contribution in [0.3, 0.4) is 0 Å². The van der Waals surface area contributed by atoms with Crippen LogP contribution in [0.25, 0.3) is 0 Å². The zero-order chi connectivity index (χ0) is 17.6. The van der Waals surface area contributed by atoms with Gasteiger partial charge in [0.25, 0.3) is 0 Å². The molecule has 25 heavy (non-hydrogen) atoms. The summed E-state index contributed by atoms with van der Waals surface area (Å²) in [6, 6.07) is 15.9. The SMILES string of the molecule is Cn1nnnc1SCC(=O)Nc1ccccc1C(=O)c1ccccc1. The number of tetrazole rings is 1. The Morgan fingerprint density at radius 1 is 1.08 bits per heavy atom. The molecule has 0 fully saturated rings. The van der Waals surface area contributed by atoms with Crippen LogP contribution in [0.4, 0.5) is 5.69 Å². The molecule has 0 atom stereocenters. The van der Waals surface area contributed by atoms with Crippen LogP contribution in [0.15, 0.2) is 59.8 Å². The average Bonchev–Trinajstić information content (AvgIpc) is 3.05. The fourth-order valence-electron chi connectivity index (χ4n) is 2.20. The molecule has 3 aromatic rings. The number of benzene rings is 2. The molecule has 0 aliphatic heterocycles. The first-order chi connectivity index (χ1) is 12.1. The van der Waals surface area contributed by atoms with Crippen molar-refractivity contribution in [3.05, 3.63) is 65.7 Å². The van der Waals surface area contributed by atoms with Gasteiger partial charge in [0.05, 0.1) is 11.4 Å². The maximum atomic E-state index is 12.7. The largest absolute Gasteiger partial charge is 0.325 e. The predicted molar refractivity (Wildman–Crippen MR) is 94.5 cm³/mol. The number of nitrogens with zero attached hydrogens (tertiary/aromatic N) is 4. The molecule has 0 bridgehead atoms. The monoisotopic (exact) mass is 353 g/mol. The van der Waals surface area contributed by atoms with Crippen LogP contribution in [0.2, 0.25) is 0 Å². The molecule has 2 aromatic carbocycles. The van der Waals surface area contributed by atoms with Crippen LogP contribution in [-0.4, -0.2) is 37.7 Å². The van der Waals surface area contributed by atoms with Gasteiger partial charge in [-0.25, -0.2) is 4.68 Å². The van der Waals surface area contributed by atoms with E-state index in [1.165, 1.54) is 16.4 Å². The van der Waals surface area contributed by atoms with E-state index in [9.17, 15) is 9.59 Å². The minimum absolute atomic E-state index is 0.137. The molecule has 1 aromatic heterocycles. The van der Waals surface area contributed by atoms with Gasteiger partial charge in [0.15, 0.2) is 5.78 Å². The number of anilines is 1. The number of carbonyl (C=O) groups excluding carboxylic acids is 2. The van der Waals surface area contributed by atoms with Gasteiger partial charge in [0.1, 0.15) is 0 Å². The molecule has 3 rings (SSSR count). The highest BCUT2D eigenvalue weighted by Crippen LogP contribution is 2.20. The van der Waals surface area contributed by atoms with E-state index >= 15 is 0 Å². The summed E-state index contributed by atoms with van der Waals surface area (Å²) in [6.07, 6.45) is 0. The molecule has 0 spiro atoms. The van der Waals surface area contributed by atoms with Crippen LogP contribution in [-0.2, 0) is 11.8 Å². The van der Waals surface area contributed by atoms with Crippen LogP contribution in [0.1, 0.15) is 15.9 Å². The maximum Gasteiger partial charge on any atom is 0.234 e. The van der Waals surface area contributed by atoms with Gasteiger partial charge in [-0.05, 0) is 22.6 Å². The van der Waals surface area contributed by atoms with Gasteiger partial charge in [-0.3, -0.25) is 9.59 Å². The first kappa shape index (κ1) is 16.8. The second-order valence-corrected chi connectivity index (χ2v) is 6.11. The molecule has 0 unspecified atom stereocenters. The lowest BCUT2D eigenvalue weighted by Crippen LogP contribution is -2.17. The molecular weight excluding hydrogens is 338 g/mol. The van der Waals surface area contributed by atoms with Crippen LogP contribution in [0.5, 0.6) is 0 Å². The molecular formula is C17H15N5O2S. The van der Waals surface area contributed by atoms with E-state index in [0.29, 0.717) is 22.0 Å². The summed E-state index contributed by atoms with van der Waals surface area (Å²) in [5.41, 5.74) is 1.51. The van der Waals surface area contributed by atoms with Gasteiger partial charge >= 0.3 is 0 Å². The Kier molecular flexibility index (Phi) is 5.20. The number of ketones is 1. The first-order valence-corrected chi connectivity index (χ1v) is 8.47. The van der Waals surface area contributed by atoms with Crippen LogP contribution < -0.4 is 5.32 Å². The number of hydrogen-bond acceptors (Lipinski definition) is 6. The Hall–Kier alpha value is -3.00. The number of nitrogens with one attached hydrogen (secondary N) is 1. The number of aromatic nitrogens is 4. The number of amides is 1. The highest BCUT2D eigenvalue weighted by atomic mass is 32.2. The van der Waals surface area contributed by atoms with Crippen molar-refractivity contribution in [2.75, 3.05) is 11.1 Å². The standard InChI is InChI=1S/C17H15N5O2S/c1-22-17(19-20-21-22)25-11-15(23)18-14-10-6-5-9-13(14)16(24)12-7-3-2-4-8-12/h2-10H,11H2,1H3,(H,18,23). The highest BCUT2D eigenvalue weighted by Gasteiger charge is 2.15. The Morgan fingerprint density at radius 3 is 2.52 bits per heavy atom. The van der Waals surface area contributed by atoms with Crippen molar-refractivity contribution < 1.29 is 9.59 Å². The zero-order valence-electron chi connectivity index (χ0n) is 13.4. The number of rotatable bonds is 6. The van der Waals surface area contributed by atoms with E-state index in [2.05, 4.69) is 20.8 Å². The molecule has 0 radical (unpaired) electrons. The van der Waals surface area contributed by atoms with Crippen molar-refractivity contribution in [3.63, 3.8) is 0 Å². The molecule has 0 saturated heterocycles. The minimum Gasteiger partial charge on any atom is -0.325 e. The molecule has 7 nitrogen and oxygen atoms in total. The van der Waals surface area contributed by atoms with E-state index in [1.54, 1.807) is 55.6 Å². The number of carbonyl (C=O) groups is 2. The van der Waals surface area contributed by atoms with Crippen molar-refractivity contribution in [2.45, 2.75) is 5.16 Å². The van der Waals surface area contributed by atoms with Crippen LogP contribution in [0, 0.1) is 0 Å². The summed E-state index contributed by atoms with van der Waals surface area (Å²) >= 11 is 1.22. The van der Waals surface area contributed by atoms with Gasteiger partial charge in [0.2, 0.25) is 11.1 Å². The molecule has 0 aliphatic rings. The first-order valence-electron chi connectivity index (χ1n) is 7.49. The highest BCUT2D eigenvalue weighted by molar-refractivity contribution is 7.99. The Balaban J connectivity index is 1.71. The molecule has 1 N–H and O–H groups in total. The smallest absolute Gasteiger partial charge is 0.234 e. The third kappa shape index (κ3) is 4.10. The van der Waals surface area contributed by atoms with Gasteiger partial charge in [-0.1, -0.05) is 54.2 Å². The van der Waals surface area contributed by atoms with Gasteiger partial charge in [-0.2, -0.15) is 0 Å². The summed E-state index contributed by atoms with van der Waals surface area (Å²) in [6.45, 7) is 0. The molecule has 8 heteroatoms. The third-order valence-electron chi connectivity index (χ3n) is 3.40. The summed E-state index contributed by atoms with van der Waals surface area (Å²) in [4.78, 5) is 24.9. The normalized spacial score (nSPS) is 10.4. The second kappa shape index (κ2) is 7.71. The van der Waals surface area contributed by atoms with E-state index in [0.717, 1.165) is 0 Å². The number of thioether (sulfide) groups is 1. The molecule has 1 heterocycles. The lowest BCUT2D eigenvalue weighted by Gasteiger charge is -2.10.